The lowest BCUT2D eigenvalue weighted by Gasteiger charge is -2.16. The van der Waals surface area contributed by atoms with Crippen LogP contribution in [0.2, 0.25) is 0 Å². The van der Waals surface area contributed by atoms with Crippen LogP contribution in [0.3, 0.4) is 0 Å². The van der Waals surface area contributed by atoms with Crippen LogP contribution in [0.5, 0.6) is 11.5 Å². The van der Waals surface area contributed by atoms with Gasteiger partial charge in [-0.25, -0.2) is 0 Å². The van der Waals surface area contributed by atoms with Crippen LogP contribution in [0, 0.1) is 120 Å². The molecule has 0 saturated heterocycles. The Morgan fingerprint density at radius 3 is 1.30 bits per heavy atom. The molecule has 4 heteroatoms. The Labute approximate surface area is 268 Å². The first-order valence-corrected chi connectivity index (χ1v) is 13.5. The van der Waals surface area contributed by atoms with Crippen molar-refractivity contribution < 1.29 is 9.47 Å². The molecule has 0 amide bonds. The molecule has 3 aromatic carbocycles. The summed E-state index contributed by atoms with van der Waals surface area (Å²) in [6.45, 7) is 0. The molecule has 0 unspecified atom stereocenters. The maximum Gasteiger partial charge on any atom is 0.140 e. The van der Waals surface area contributed by atoms with Crippen molar-refractivity contribution >= 4 is 23.2 Å². The SMILES string of the molecule is C#CC#CC#CC#CC#COc1cccc(-c2cc(CCl)cc(-c3cccc(OC#CC#CC#CC#CC#C)c3)c2CCl)c1. The molecule has 3 rings (SSSR count). The Balaban J connectivity index is 1.89. The van der Waals surface area contributed by atoms with Crippen molar-refractivity contribution in [3.8, 4) is 154 Å². The molecule has 0 aliphatic heterocycles. The molecule has 3 aromatic rings. The minimum Gasteiger partial charge on any atom is -0.407 e. The number of hydrogen-bond donors (Lipinski definition) is 0. The van der Waals surface area contributed by atoms with E-state index in [1.165, 1.54) is 0 Å². The van der Waals surface area contributed by atoms with Crippen LogP contribution < -0.4 is 9.47 Å². The second-order valence-electron chi connectivity index (χ2n) is 7.94. The molecule has 0 aliphatic rings. The first kappa shape index (κ1) is 32.0. The van der Waals surface area contributed by atoms with Gasteiger partial charge in [0.15, 0.2) is 0 Å². The van der Waals surface area contributed by atoms with E-state index >= 15 is 0 Å². The Morgan fingerprint density at radius 2 is 0.909 bits per heavy atom. The zero-order valence-electron chi connectivity index (χ0n) is 22.9. The standard InChI is InChI=1S/C40H16Cl2O2/c1-3-5-7-9-11-13-15-17-25-43-36-23-19-21-34(29-36)38-27-33(31-41)28-39(40(38)32-42)35-22-20-24-37(30-35)44-26-18-16-14-12-10-8-6-4-2/h1-2,19-24,27-30H,31-32H2. The number of alkyl halides is 2. The van der Waals surface area contributed by atoms with Gasteiger partial charge in [-0.05, 0) is 117 Å². The highest BCUT2D eigenvalue weighted by Crippen LogP contribution is 2.37. The summed E-state index contributed by atoms with van der Waals surface area (Å²) in [7, 11) is 0. The minimum atomic E-state index is 0.244. The van der Waals surface area contributed by atoms with Gasteiger partial charge < -0.3 is 9.47 Å². The molecule has 0 bridgehead atoms. The van der Waals surface area contributed by atoms with Gasteiger partial charge in [-0.15, -0.1) is 36.0 Å². The number of hydrogen-bond acceptors (Lipinski definition) is 2. The molecule has 202 valence electrons. The number of halogens is 2. The molecule has 0 spiro atoms. The summed E-state index contributed by atoms with van der Waals surface area (Å²) >= 11 is 12.8. The third-order valence-corrected chi connectivity index (χ3v) is 5.80. The highest BCUT2D eigenvalue weighted by atomic mass is 35.5. The molecule has 0 atom stereocenters. The fourth-order valence-electron chi connectivity index (χ4n) is 3.53. The Bertz CT molecular complexity index is 2020. The summed E-state index contributed by atoms with van der Waals surface area (Å²) < 4.78 is 11.1. The van der Waals surface area contributed by atoms with Gasteiger partial charge in [-0.1, -0.05) is 24.3 Å². The number of rotatable bonds is 6. The summed E-state index contributed by atoms with van der Waals surface area (Å²) in [5.74, 6) is 41.0. The van der Waals surface area contributed by atoms with Crippen LogP contribution in [-0.4, -0.2) is 0 Å². The van der Waals surface area contributed by atoms with Gasteiger partial charge in [0.25, 0.3) is 0 Å². The molecule has 0 saturated carbocycles. The number of benzene rings is 3. The predicted octanol–water partition coefficient (Wildman–Crippen LogP) is 6.46. The second kappa shape index (κ2) is 18.7. The van der Waals surface area contributed by atoms with Gasteiger partial charge in [0.05, 0.1) is 0 Å². The zero-order chi connectivity index (χ0) is 31.2. The van der Waals surface area contributed by atoms with E-state index in [1.807, 2.05) is 48.5 Å². The Kier molecular flexibility index (Phi) is 13.6. The van der Waals surface area contributed by atoms with Crippen molar-refractivity contribution in [1.29, 1.82) is 0 Å². The third-order valence-electron chi connectivity index (χ3n) is 5.22. The third kappa shape index (κ3) is 10.4. The lowest BCUT2D eigenvalue weighted by molar-refractivity contribution is 0.520. The average molecular weight is 599 g/mol. The van der Waals surface area contributed by atoms with Gasteiger partial charge in [-0.3, -0.25) is 0 Å². The van der Waals surface area contributed by atoms with Crippen molar-refractivity contribution in [2.45, 2.75) is 11.8 Å². The molecule has 44 heavy (non-hydrogen) atoms. The van der Waals surface area contributed by atoms with Gasteiger partial charge in [0.1, 0.15) is 23.7 Å². The highest BCUT2D eigenvalue weighted by molar-refractivity contribution is 6.18. The molecule has 0 aromatic heterocycles. The lowest BCUT2D eigenvalue weighted by atomic mass is 9.90. The summed E-state index contributed by atoms with van der Waals surface area (Å²) in [5.41, 5.74) is 5.38. The topological polar surface area (TPSA) is 18.5 Å². The summed E-state index contributed by atoms with van der Waals surface area (Å²) in [6.07, 6.45) is 15.2. The molecule has 0 radical (unpaired) electrons. The molecular formula is C40H16Cl2O2. The van der Waals surface area contributed by atoms with Crippen molar-refractivity contribution in [3.05, 3.63) is 71.8 Å². The van der Waals surface area contributed by atoms with E-state index in [2.05, 4.69) is 107 Å². The predicted molar refractivity (Wildman–Crippen MR) is 178 cm³/mol. The van der Waals surface area contributed by atoms with E-state index in [0.29, 0.717) is 17.4 Å². The van der Waals surface area contributed by atoms with Crippen LogP contribution in [0.1, 0.15) is 11.1 Å². The smallest absolute Gasteiger partial charge is 0.140 e. The van der Waals surface area contributed by atoms with E-state index in [4.69, 9.17) is 45.5 Å². The van der Waals surface area contributed by atoms with Crippen molar-refractivity contribution in [2.75, 3.05) is 0 Å². The fourth-order valence-corrected chi connectivity index (χ4v) is 3.97. The van der Waals surface area contributed by atoms with Gasteiger partial charge >= 0.3 is 0 Å². The quantitative estimate of drug-likeness (QED) is 0.239. The van der Waals surface area contributed by atoms with Gasteiger partial charge in [0, 0.05) is 59.1 Å². The summed E-state index contributed by atoms with van der Waals surface area (Å²) in [4.78, 5) is 0. The fraction of sp³-hybridized carbons (Fsp3) is 0.0500. The first-order valence-electron chi connectivity index (χ1n) is 12.4. The van der Waals surface area contributed by atoms with Gasteiger partial charge in [0.2, 0.25) is 0 Å². The van der Waals surface area contributed by atoms with E-state index in [0.717, 1.165) is 33.4 Å². The maximum absolute atomic E-state index is 6.53. The van der Waals surface area contributed by atoms with Crippen molar-refractivity contribution in [3.63, 3.8) is 0 Å². The average Bonchev–Trinajstić information content (AvgIpc) is 3.06. The molecule has 2 nitrogen and oxygen atoms in total. The van der Waals surface area contributed by atoms with E-state index in [-0.39, 0.29) is 5.88 Å². The minimum absolute atomic E-state index is 0.244. The first-order chi connectivity index (χ1) is 21.7. The van der Waals surface area contributed by atoms with Crippen molar-refractivity contribution in [2.24, 2.45) is 0 Å². The molecular weight excluding hydrogens is 583 g/mol. The van der Waals surface area contributed by atoms with Gasteiger partial charge in [-0.2, -0.15) is 0 Å². The lowest BCUT2D eigenvalue weighted by Crippen LogP contribution is -1.96. The van der Waals surface area contributed by atoms with E-state index in [1.54, 1.807) is 12.1 Å². The highest BCUT2D eigenvalue weighted by Gasteiger charge is 2.15. The Morgan fingerprint density at radius 1 is 0.500 bits per heavy atom. The number of ether oxygens (including phenoxy) is 2. The second-order valence-corrected chi connectivity index (χ2v) is 8.47. The molecule has 0 aliphatic carbocycles. The summed E-state index contributed by atoms with van der Waals surface area (Å²) in [5, 5.41) is 0. The van der Waals surface area contributed by atoms with Crippen LogP contribution >= 0.6 is 23.2 Å². The summed E-state index contributed by atoms with van der Waals surface area (Å²) in [6, 6.07) is 19.0. The zero-order valence-corrected chi connectivity index (χ0v) is 24.4. The van der Waals surface area contributed by atoms with Crippen LogP contribution in [0.25, 0.3) is 22.3 Å². The largest absolute Gasteiger partial charge is 0.407 e. The van der Waals surface area contributed by atoms with Crippen LogP contribution in [0.4, 0.5) is 0 Å². The van der Waals surface area contributed by atoms with E-state index < -0.39 is 0 Å². The maximum atomic E-state index is 6.53. The molecule has 0 heterocycles. The van der Waals surface area contributed by atoms with Crippen LogP contribution in [-0.2, 0) is 11.8 Å². The monoisotopic (exact) mass is 598 g/mol. The molecule has 0 N–H and O–H groups in total. The molecule has 0 fully saturated rings. The Hall–Kier alpha value is -6.56. The number of terminal acetylenes is 2. The normalized spacial score (nSPS) is 7.82. The van der Waals surface area contributed by atoms with Crippen molar-refractivity contribution in [1.82, 2.24) is 0 Å². The van der Waals surface area contributed by atoms with Crippen LogP contribution in [0.15, 0.2) is 60.7 Å². The van der Waals surface area contributed by atoms with E-state index in [9.17, 15) is 0 Å².